The van der Waals surface area contributed by atoms with Crippen LogP contribution in [0.4, 0.5) is 11.5 Å². The van der Waals surface area contributed by atoms with Gasteiger partial charge in [0.15, 0.2) is 5.82 Å². The summed E-state index contributed by atoms with van der Waals surface area (Å²) in [5, 5.41) is 0.359. The maximum Gasteiger partial charge on any atom is 0.283 e. The highest BCUT2D eigenvalue weighted by atomic mass is 32.2. The number of hydrogen-bond acceptors (Lipinski definition) is 6. The molecule has 0 fully saturated rings. The smallest absolute Gasteiger partial charge is 0.283 e. The molecule has 0 spiro atoms. The van der Waals surface area contributed by atoms with Crippen molar-refractivity contribution in [2.24, 2.45) is 0 Å². The molecule has 9 nitrogen and oxygen atoms in total. The van der Waals surface area contributed by atoms with Crippen LogP contribution in [0.5, 0.6) is 0 Å². The first-order valence-electron chi connectivity index (χ1n) is 10.3. The number of fused-ring (bicyclic) bond motifs is 2. The lowest BCUT2D eigenvalue weighted by Crippen LogP contribution is -2.49. The summed E-state index contributed by atoms with van der Waals surface area (Å²) >= 11 is 0. The van der Waals surface area contributed by atoms with Crippen LogP contribution in [-0.4, -0.2) is 55.8 Å². The molecule has 0 saturated heterocycles. The van der Waals surface area contributed by atoms with E-state index in [0.717, 1.165) is 5.69 Å². The van der Waals surface area contributed by atoms with Crippen LogP contribution in [0.2, 0.25) is 0 Å². The number of benzene rings is 2. The topological polar surface area (TPSA) is 93.3 Å². The zero-order valence-corrected chi connectivity index (χ0v) is 19.4. The Hall–Kier alpha value is -3.79. The second-order valence-electron chi connectivity index (χ2n) is 7.93. The van der Waals surface area contributed by atoms with Crippen molar-refractivity contribution in [2.45, 2.75) is 17.9 Å². The predicted octanol–water partition coefficient (Wildman–Crippen LogP) is 2.11. The van der Waals surface area contributed by atoms with E-state index in [-0.39, 0.29) is 17.4 Å². The van der Waals surface area contributed by atoms with E-state index in [9.17, 15) is 13.8 Å². The van der Waals surface area contributed by atoms with E-state index in [1.807, 2.05) is 36.4 Å². The fraction of sp³-hybridized carbons (Fsp3) is 0.217. The van der Waals surface area contributed by atoms with Gasteiger partial charge in [0.1, 0.15) is 11.7 Å². The van der Waals surface area contributed by atoms with E-state index < -0.39 is 16.8 Å². The van der Waals surface area contributed by atoms with Gasteiger partial charge in [-0.1, -0.05) is 24.3 Å². The second-order valence-corrected chi connectivity index (χ2v) is 9.28. The van der Waals surface area contributed by atoms with E-state index >= 15 is 0 Å². The lowest BCUT2D eigenvalue weighted by molar-refractivity contribution is -0.119. The number of rotatable bonds is 3. The molecule has 1 aliphatic rings. The first-order chi connectivity index (χ1) is 15.8. The molecule has 2 atom stereocenters. The van der Waals surface area contributed by atoms with Gasteiger partial charge in [-0.2, -0.15) is 9.67 Å². The highest BCUT2D eigenvalue weighted by Crippen LogP contribution is 2.32. The summed E-state index contributed by atoms with van der Waals surface area (Å²) in [4.78, 5) is 39.1. The minimum absolute atomic E-state index is 0.0630. The number of carbonyl (C=O) groups excluding carboxylic acids is 1. The number of nitrogens with zero attached hydrogens (tertiary/aromatic N) is 6. The second kappa shape index (κ2) is 7.66. The molecular weight excluding hydrogens is 440 g/mol. The number of hydrogen-bond donors (Lipinski definition) is 0. The van der Waals surface area contributed by atoms with Crippen LogP contribution < -0.4 is 15.4 Å². The van der Waals surface area contributed by atoms with E-state index in [0.29, 0.717) is 27.3 Å². The lowest BCUT2D eigenvalue weighted by atomic mass is 10.2. The zero-order valence-electron chi connectivity index (χ0n) is 18.6. The summed E-state index contributed by atoms with van der Waals surface area (Å²) in [5.41, 5.74) is 1.54. The van der Waals surface area contributed by atoms with Crippen molar-refractivity contribution in [3.63, 3.8) is 0 Å². The number of aromatic nitrogens is 4. The van der Waals surface area contributed by atoms with Crippen molar-refractivity contribution in [3.05, 3.63) is 65.1 Å². The van der Waals surface area contributed by atoms with Crippen molar-refractivity contribution in [1.82, 2.24) is 19.3 Å². The molecule has 2 aromatic heterocycles. The highest BCUT2D eigenvalue weighted by molar-refractivity contribution is 7.84. The maximum atomic E-state index is 13.7. The summed E-state index contributed by atoms with van der Waals surface area (Å²) in [6.45, 7) is 1.81. The number of para-hydroxylation sites is 1. The van der Waals surface area contributed by atoms with Gasteiger partial charge < -0.3 is 9.80 Å². The van der Waals surface area contributed by atoms with Crippen molar-refractivity contribution >= 4 is 39.1 Å². The Bertz CT molecular complexity index is 1490. The fourth-order valence-electron chi connectivity index (χ4n) is 4.16. The summed E-state index contributed by atoms with van der Waals surface area (Å²) in [6.07, 6.45) is 3.10. The largest absolute Gasteiger partial charge is 0.346 e. The van der Waals surface area contributed by atoms with Crippen molar-refractivity contribution in [3.8, 4) is 11.6 Å². The molecule has 10 heteroatoms. The maximum absolute atomic E-state index is 13.7. The van der Waals surface area contributed by atoms with Crippen LogP contribution in [0.25, 0.3) is 22.5 Å². The van der Waals surface area contributed by atoms with Crippen LogP contribution in [-0.2, 0) is 15.6 Å². The normalized spacial score (nSPS) is 16.8. The molecule has 0 bridgehead atoms. The minimum Gasteiger partial charge on any atom is -0.346 e. The Kier molecular flexibility index (Phi) is 4.89. The minimum atomic E-state index is -1.36. The van der Waals surface area contributed by atoms with Gasteiger partial charge in [-0.05, 0) is 31.2 Å². The monoisotopic (exact) mass is 462 g/mol. The number of anilines is 2. The molecule has 1 amide bonds. The Morgan fingerprint density at radius 3 is 2.39 bits per heavy atom. The summed E-state index contributed by atoms with van der Waals surface area (Å²) in [7, 11) is 2.11. The van der Waals surface area contributed by atoms with Gasteiger partial charge in [0.05, 0.1) is 38.5 Å². The predicted molar refractivity (Wildman–Crippen MR) is 128 cm³/mol. The molecule has 1 unspecified atom stereocenters. The third-order valence-electron chi connectivity index (χ3n) is 6.04. The van der Waals surface area contributed by atoms with Crippen molar-refractivity contribution in [2.75, 3.05) is 30.2 Å². The molecule has 1 aliphatic heterocycles. The Morgan fingerprint density at radius 1 is 0.970 bits per heavy atom. The Labute approximate surface area is 192 Å². The molecule has 4 aromatic rings. The highest BCUT2D eigenvalue weighted by Gasteiger charge is 2.33. The van der Waals surface area contributed by atoms with Gasteiger partial charge in [-0.15, -0.1) is 0 Å². The summed E-state index contributed by atoms with van der Waals surface area (Å²) in [5.74, 6) is 0.645. The number of carbonyl (C=O) groups is 1. The molecule has 0 saturated carbocycles. The summed E-state index contributed by atoms with van der Waals surface area (Å²) < 4.78 is 15.5. The van der Waals surface area contributed by atoms with E-state index in [4.69, 9.17) is 4.98 Å². The molecule has 2 aromatic carbocycles. The third kappa shape index (κ3) is 3.09. The average Bonchev–Trinajstić information content (AvgIpc) is 3.14. The fourth-order valence-corrected chi connectivity index (χ4v) is 4.91. The van der Waals surface area contributed by atoms with Crippen LogP contribution in [0.3, 0.4) is 0 Å². The quantitative estimate of drug-likeness (QED) is 0.463. The average molecular weight is 463 g/mol. The molecule has 0 N–H and O–H groups in total. The van der Waals surface area contributed by atoms with E-state index in [1.54, 1.807) is 55.2 Å². The number of likely N-dealkylation sites (N-methyl/N-ethyl adjacent to an activating group) is 2. The van der Waals surface area contributed by atoms with Crippen molar-refractivity contribution in [1.29, 1.82) is 0 Å². The third-order valence-corrected chi connectivity index (χ3v) is 7.00. The molecular formula is C23H22N6O3S. The first-order valence-corrected chi connectivity index (χ1v) is 11.9. The Balaban J connectivity index is 1.86. The van der Waals surface area contributed by atoms with E-state index in [1.165, 1.54) is 9.58 Å². The van der Waals surface area contributed by atoms with Gasteiger partial charge in [-0.25, -0.2) is 9.67 Å². The van der Waals surface area contributed by atoms with Gasteiger partial charge in [0.2, 0.25) is 5.91 Å². The lowest BCUT2D eigenvalue weighted by Gasteiger charge is -2.36. The summed E-state index contributed by atoms with van der Waals surface area (Å²) in [6, 6.07) is 14.3. The van der Waals surface area contributed by atoms with Crippen LogP contribution in [0.15, 0.2) is 64.4 Å². The van der Waals surface area contributed by atoms with Gasteiger partial charge in [0.25, 0.3) is 11.5 Å². The molecule has 168 valence electrons. The molecule has 33 heavy (non-hydrogen) atoms. The first kappa shape index (κ1) is 21.1. The SMILES string of the molecule is C[C@@H]1C(=O)N(C)c2cnc(-n3c(=O)c4c(S(C)=O)cccc4n3-c3ccccc3)nc2N1C. The van der Waals surface area contributed by atoms with E-state index in [2.05, 4.69) is 4.98 Å². The van der Waals surface area contributed by atoms with Gasteiger partial charge in [-0.3, -0.25) is 13.8 Å². The standard InChI is InChI=1S/C23H22N6O3S/c1-14-21(30)27(3)17-13-24-23(25-20(17)26(14)2)29-22(31)19-16(11-8-12-18(19)33(4)32)28(29)15-9-6-5-7-10-15/h5-14H,1-4H3/t14-,33?/m1/s1. The van der Waals surface area contributed by atoms with Gasteiger partial charge >= 0.3 is 0 Å². The molecule has 0 radical (unpaired) electrons. The zero-order chi connectivity index (χ0) is 23.4. The Morgan fingerprint density at radius 2 is 1.70 bits per heavy atom. The molecule has 3 heterocycles. The van der Waals surface area contributed by atoms with Crippen LogP contribution in [0, 0.1) is 0 Å². The van der Waals surface area contributed by atoms with Crippen LogP contribution >= 0.6 is 0 Å². The number of amides is 1. The molecule has 5 rings (SSSR count). The van der Waals surface area contributed by atoms with Crippen LogP contribution in [0.1, 0.15) is 6.92 Å². The molecule has 0 aliphatic carbocycles. The van der Waals surface area contributed by atoms with Crippen molar-refractivity contribution < 1.29 is 9.00 Å². The van der Waals surface area contributed by atoms with Gasteiger partial charge in [0, 0.05) is 20.4 Å².